The van der Waals surface area contributed by atoms with E-state index in [2.05, 4.69) is 5.32 Å². The summed E-state index contributed by atoms with van der Waals surface area (Å²) in [5, 5.41) is 14.2. The molecule has 0 bridgehead atoms. The number of anilines is 1. The lowest BCUT2D eigenvalue weighted by Gasteiger charge is -2.27. The van der Waals surface area contributed by atoms with Gasteiger partial charge in [0.1, 0.15) is 12.2 Å². The zero-order valence-corrected chi connectivity index (χ0v) is 19.7. The van der Waals surface area contributed by atoms with E-state index in [0.29, 0.717) is 37.9 Å². The molecular weight excluding hydrogens is 438 g/mol. The predicted octanol–water partition coefficient (Wildman–Crippen LogP) is 4.44. The number of rotatable bonds is 7. The van der Waals surface area contributed by atoms with Crippen molar-refractivity contribution >= 4 is 45.0 Å². The number of carboxylic acid groups (broad SMARTS) is 1. The molecule has 2 heterocycles. The summed E-state index contributed by atoms with van der Waals surface area (Å²) in [6.45, 7) is 4.53. The standard InChI is InChI=1S/C25H29N3O4S/c1-3-27(19-7-5-4-6-16(19)2)23(29)15-28-20-12-13-33-22(20)14-21(28)24(30)26-18-10-8-17(9-11-18)25(31)32/h4-7,12-14,17-18H,3,8-11,15H2,1-2H3,(H,26,30)(H,31,32). The molecule has 33 heavy (non-hydrogen) atoms. The van der Waals surface area contributed by atoms with Gasteiger partial charge in [-0.1, -0.05) is 18.2 Å². The van der Waals surface area contributed by atoms with Crippen molar-refractivity contribution in [2.45, 2.75) is 52.1 Å². The summed E-state index contributed by atoms with van der Waals surface area (Å²) in [5.74, 6) is -1.39. The molecular formula is C25H29N3O4S. The quantitative estimate of drug-likeness (QED) is 0.537. The van der Waals surface area contributed by atoms with Crippen LogP contribution in [0.15, 0.2) is 41.8 Å². The number of carboxylic acids is 1. The van der Waals surface area contributed by atoms with Gasteiger partial charge >= 0.3 is 5.97 Å². The van der Waals surface area contributed by atoms with E-state index in [-0.39, 0.29) is 30.3 Å². The van der Waals surface area contributed by atoms with Gasteiger partial charge in [-0.3, -0.25) is 14.4 Å². The molecule has 1 aromatic carbocycles. The van der Waals surface area contributed by atoms with Gasteiger partial charge in [0, 0.05) is 18.3 Å². The second-order valence-corrected chi connectivity index (χ2v) is 9.52. The van der Waals surface area contributed by atoms with Gasteiger partial charge in [-0.2, -0.15) is 0 Å². The molecule has 0 spiro atoms. The lowest BCUT2D eigenvalue weighted by Crippen LogP contribution is -2.40. The second kappa shape index (κ2) is 9.79. The molecule has 3 aromatic rings. The van der Waals surface area contributed by atoms with Gasteiger partial charge in [-0.15, -0.1) is 11.3 Å². The molecule has 8 heteroatoms. The number of hydrogen-bond donors (Lipinski definition) is 2. The number of carbonyl (C=O) groups is 3. The molecule has 2 amide bonds. The summed E-state index contributed by atoms with van der Waals surface area (Å²) in [4.78, 5) is 39.5. The van der Waals surface area contributed by atoms with Crippen molar-refractivity contribution in [3.63, 3.8) is 0 Å². The highest BCUT2D eigenvalue weighted by atomic mass is 32.1. The van der Waals surface area contributed by atoms with Gasteiger partial charge in [-0.05, 0) is 68.7 Å². The van der Waals surface area contributed by atoms with E-state index in [1.54, 1.807) is 9.47 Å². The number of aromatic nitrogens is 1. The van der Waals surface area contributed by atoms with Crippen LogP contribution in [0.2, 0.25) is 0 Å². The number of aryl methyl sites for hydroxylation is 1. The average Bonchev–Trinajstić information content (AvgIpc) is 3.38. The third kappa shape index (κ3) is 4.80. The maximum atomic E-state index is 13.3. The van der Waals surface area contributed by atoms with E-state index in [1.807, 2.05) is 55.6 Å². The number of para-hydroxylation sites is 1. The molecule has 1 fully saturated rings. The van der Waals surface area contributed by atoms with Gasteiger partial charge in [0.15, 0.2) is 0 Å². The first-order valence-corrected chi connectivity index (χ1v) is 12.2. The van der Waals surface area contributed by atoms with Crippen LogP contribution in [-0.2, 0) is 16.1 Å². The number of carbonyl (C=O) groups excluding carboxylic acids is 2. The van der Waals surface area contributed by atoms with Crippen molar-refractivity contribution in [3.8, 4) is 0 Å². The van der Waals surface area contributed by atoms with E-state index >= 15 is 0 Å². The van der Waals surface area contributed by atoms with Crippen LogP contribution < -0.4 is 10.2 Å². The van der Waals surface area contributed by atoms with Crippen molar-refractivity contribution in [1.29, 1.82) is 0 Å². The Morgan fingerprint density at radius 3 is 2.55 bits per heavy atom. The topological polar surface area (TPSA) is 91.6 Å². The minimum atomic E-state index is -0.762. The van der Waals surface area contributed by atoms with Crippen LogP contribution in [0.5, 0.6) is 0 Å². The van der Waals surface area contributed by atoms with Gasteiger partial charge < -0.3 is 19.9 Å². The summed E-state index contributed by atoms with van der Waals surface area (Å²) in [5.41, 5.74) is 3.23. The maximum Gasteiger partial charge on any atom is 0.306 e. The number of benzene rings is 1. The van der Waals surface area contributed by atoms with Gasteiger partial charge in [0.2, 0.25) is 5.91 Å². The summed E-state index contributed by atoms with van der Waals surface area (Å²) in [6.07, 6.45) is 2.43. The Morgan fingerprint density at radius 2 is 1.88 bits per heavy atom. The fourth-order valence-corrected chi connectivity index (χ4v) is 5.47. The van der Waals surface area contributed by atoms with Gasteiger partial charge in [0.25, 0.3) is 5.91 Å². The number of nitrogens with one attached hydrogen (secondary N) is 1. The molecule has 0 unspecified atom stereocenters. The van der Waals surface area contributed by atoms with Crippen LogP contribution in [-0.4, -0.2) is 40.0 Å². The van der Waals surface area contributed by atoms with Crippen LogP contribution in [0.1, 0.15) is 48.7 Å². The molecule has 7 nitrogen and oxygen atoms in total. The van der Waals surface area contributed by atoms with E-state index in [0.717, 1.165) is 21.5 Å². The molecule has 174 valence electrons. The number of amides is 2. The molecule has 0 saturated heterocycles. The Kier molecular flexibility index (Phi) is 6.83. The van der Waals surface area contributed by atoms with E-state index in [9.17, 15) is 19.5 Å². The number of fused-ring (bicyclic) bond motifs is 1. The van der Waals surface area contributed by atoms with E-state index in [4.69, 9.17) is 0 Å². The van der Waals surface area contributed by atoms with E-state index in [1.165, 1.54) is 11.3 Å². The zero-order chi connectivity index (χ0) is 23.5. The summed E-state index contributed by atoms with van der Waals surface area (Å²) in [7, 11) is 0. The molecule has 0 radical (unpaired) electrons. The Bertz CT molecular complexity index is 1170. The van der Waals surface area contributed by atoms with Crippen LogP contribution in [0.3, 0.4) is 0 Å². The van der Waals surface area contributed by atoms with Crippen LogP contribution in [0.4, 0.5) is 5.69 Å². The number of nitrogens with zero attached hydrogens (tertiary/aromatic N) is 2. The van der Waals surface area contributed by atoms with Crippen molar-refractivity contribution in [3.05, 3.63) is 53.0 Å². The molecule has 1 saturated carbocycles. The van der Waals surface area contributed by atoms with Crippen molar-refractivity contribution in [2.75, 3.05) is 11.4 Å². The maximum absolute atomic E-state index is 13.3. The summed E-state index contributed by atoms with van der Waals surface area (Å²) < 4.78 is 2.76. The number of hydrogen-bond acceptors (Lipinski definition) is 4. The number of likely N-dealkylation sites (N-methyl/N-ethyl adjacent to an activating group) is 1. The lowest BCUT2D eigenvalue weighted by molar-refractivity contribution is -0.142. The smallest absolute Gasteiger partial charge is 0.306 e. The van der Waals surface area contributed by atoms with Gasteiger partial charge in [0.05, 0.1) is 16.1 Å². The lowest BCUT2D eigenvalue weighted by atomic mass is 9.86. The zero-order valence-electron chi connectivity index (χ0n) is 18.9. The Balaban J connectivity index is 1.54. The van der Waals surface area contributed by atoms with E-state index < -0.39 is 5.97 Å². The summed E-state index contributed by atoms with van der Waals surface area (Å²) in [6, 6.07) is 11.5. The normalized spacial score (nSPS) is 18.2. The Hall–Kier alpha value is -3.13. The monoisotopic (exact) mass is 467 g/mol. The van der Waals surface area contributed by atoms with Gasteiger partial charge in [-0.25, -0.2) is 0 Å². The highest BCUT2D eigenvalue weighted by Gasteiger charge is 2.28. The molecule has 1 aliphatic carbocycles. The first-order valence-electron chi connectivity index (χ1n) is 11.4. The molecule has 4 rings (SSSR count). The predicted molar refractivity (Wildman–Crippen MR) is 130 cm³/mol. The third-order valence-electron chi connectivity index (χ3n) is 6.48. The van der Waals surface area contributed by atoms with Crippen molar-refractivity contribution < 1.29 is 19.5 Å². The first-order chi connectivity index (χ1) is 15.9. The summed E-state index contributed by atoms with van der Waals surface area (Å²) >= 11 is 1.54. The molecule has 0 aliphatic heterocycles. The second-order valence-electron chi connectivity index (χ2n) is 8.57. The molecule has 2 aromatic heterocycles. The molecule has 2 N–H and O–H groups in total. The van der Waals surface area contributed by atoms with Crippen molar-refractivity contribution in [1.82, 2.24) is 9.88 Å². The third-order valence-corrected chi connectivity index (χ3v) is 7.34. The van der Waals surface area contributed by atoms with Crippen LogP contribution in [0, 0.1) is 12.8 Å². The minimum Gasteiger partial charge on any atom is -0.481 e. The Labute approximate surface area is 197 Å². The highest BCUT2D eigenvalue weighted by Crippen LogP contribution is 2.28. The van der Waals surface area contributed by atoms with Crippen LogP contribution >= 0.6 is 11.3 Å². The molecule has 0 atom stereocenters. The number of aliphatic carboxylic acids is 1. The SMILES string of the molecule is CCN(C(=O)Cn1c(C(=O)NC2CCC(C(=O)O)CC2)cc2sccc21)c1ccccc1C. The Morgan fingerprint density at radius 1 is 1.15 bits per heavy atom. The number of thiophene rings is 1. The fourth-order valence-electron chi connectivity index (χ4n) is 4.65. The molecule has 1 aliphatic rings. The van der Waals surface area contributed by atoms with Crippen LogP contribution in [0.25, 0.3) is 10.2 Å². The van der Waals surface area contributed by atoms with Crippen molar-refractivity contribution in [2.24, 2.45) is 5.92 Å². The average molecular weight is 468 g/mol. The minimum absolute atomic E-state index is 0.0516. The highest BCUT2D eigenvalue weighted by molar-refractivity contribution is 7.17. The fraction of sp³-hybridized carbons (Fsp3) is 0.400. The first kappa shape index (κ1) is 23.0. The largest absolute Gasteiger partial charge is 0.481 e.